The molecule has 1 aromatic carbocycles. The minimum Gasteiger partial charge on any atom is -0.354 e. The number of hydrogen-bond acceptors (Lipinski definition) is 4. The van der Waals surface area contributed by atoms with Gasteiger partial charge in [0.1, 0.15) is 11.7 Å². The van der Waals surface area contributed by atoms with E-state index in [1.807, 2.05) is 39.8 Å². The number of amides is 1. The highest BCUT2D eigenvalue weighted by Crippen LogP contribution is 2.37. The average molecular weight is 416 g/mol. The predicted molar refractivity (Wildman–Crippen MR) is 111 cm³/mol. The number of Topliss-reactive ketones (excluding diaryl/α,β-unsaturated/α-hetero) is 2. The molecule has 6 nitrogen and oxygen atoms in total. The molecule has 154 valence electrons. The first-order valence-electron chi connectivity index (χ1n) is 9.88. The first kappa shape index (κ1) is 21.2. The van der Waals surface area contributed by atoms with Crippen molar-refractivity contribution in [2.75, 3.05) is 0 Å². The summed E-state index contributed by atoms with van der Waals surface area (Å²) in [5.74, 6) is -1.80. The van der Waals surface area contributed by atoms with E-state index in [4.69, 9.17) is 11.6 Å². The molecule has 0 saturated heterocycles. The van der Waals surface area contributed by atoms with Gasteiger partial charge in [-0.1, -0.05) is 18.5 Å². The summed E-state index contributed by atoms with van der Waals surface area (Å²) >= 11 is 5.96. The van der Waals surface area contributed by atoms with Gasteiger partial charge in [0.15, 0.2) is 5.78 Å². The Morgan fingerprint density at radius 3 is 2.52 bits per heavy atom. The summed E-state index contributed by atoms with van der Waals surface area (Å²) in [7, 11) is 0. The van der Waals surface area contributed by atoms with Crippen LogP contribution in [0.15, 0.2) is 24.5 Å². The van der Waals surface area contributed by atoms with Crippen molar-refractivity contribution in [2.45, 2.75) is 58.9 Å². The summed E-state index contributed by atoms with van der Waals surface area (Å²) in [5.41, 5.74) is 3.26. The van der Waals surface area contributed by atoms with Crippen LogP contribution in [0.25, 0.3) is 5.69 Å². The van der Waals surface area contributed by atoms with Crippen LogP contribution in [0, 0.1) is 19.8 Å². The zero-order valence-electron chi connectivity index (χ0n) is 17.2. The molecule has 1 aromatic heterocycles. The zero-order chi connectivity index (χ0) is 21.3. The van der Waals surface area contributed by atoms with Crippen LogP contribution in [-0.4, -0.2) is 33.3 Å². The topological polar surface area (TPSA) is 81.1 Å². The summed E-state index contributed by atoms with van der Waals surface area (Å²) < 4.78 is 1.66. The Bertz CT molecular complexity index is 943. The van der Waals surface area contributed by atoms with Gasteiger partial charge >= 0.3 is 0 Å². The van der Waals surface area contributed by atoms with E-state index in [1.165, 1.54) is 0 Å². The van der Waals surface area contributed by atoms with Gasteiger partial charge < -0.3 is 5.32 Å². The van der Waals surface area contributed by atoms with E-state index >= 15 is 0 Å². The normalized spacial score (nSPS) is 20.2. The Morgan fingerprint density at radius 2 is 1.97 bits per heavy atom. The molecule has 0 bridgehead atoms. The summed E-state index contributed by atoms with van der Waals surface area (Å²) in [5, 5.41) is 7.61. The Kier molecular flexibility index (Phi) is 6.22. The van der Waals surface area contributed by atoms with Gasteiger partial charge in [0.2, 0.25) is 5.91 Å². The van der Waals surface area contributed by atoms with Crippen molar-refractivity contribution in [3.05, 3.63) is 46.2 Å². The molecule has 1 heterocycles. The first-order chi connectivity index (χ1) is 13.7. The minimum atomic E-state index is -0.799. The molecule has 1 aliphatic rings. The number of halogens is 1. The smallest absolute Gasteiger partial charge is 0.220 e. The van der Waals surface area contributed by atoms with Crippen LogP contribution >= 0.6 is 11.6 Å². The summed E-state index contributed by atoms with van der Waals surface area (Å²) in [4.78, 5) is 38.0. The maximum Gasteiger partial charge on any atom is 0.220 e. The molecule has 3 rings (SSSR count). The van der Waals surface area contributed by atoms with Crippen molar-refractivity contribution in [3.63, 3.8) is 0 Å². The molecule has 1 aliphatic carbocycles. The summed E-state index contributed by atoms with van der Waals surface area (Å²) in [6.45, 7) is 7.68. The highest BCUT2D eigenvalue weighted by atomic mass is 35.5. The van der Waals surface area contributed by atoms with E-state index < -0.39 is 11.8 Å². The third-order valence-corrected chi connectivity index (χ3v) is 5.79. The van der Waals surface area contributed by atoms with Crippen molar-refractivity contribution in [3.8, 4) is 5.69 Å². The molecule has 29 heavy (non-hydrogen) atoms. The van der Waals surface area contributed by atoms with E-state index in [0.717, 1.165) is 28.8 Å². The Hall–Kier alpha value is -2.47. The van der Waals surface area contributed by atoms with Gasteiger partial charge in [0.05, 0.1) is 16.9 Å². The lowest BCUT2D eigenvalue weighted by molar-refractivity contribution is -0.128. The highest BCUT2D eigenvalue weighted by molar-refractivity contribution is 6.30. The van der Waals surface area contributed by atoms with Crippen LogP contribution in [0.4, 0.5) is 0 Å². The van der Waals surface area contributed by atoms with Crippen LogP contribution in [-0.2, 0) is 14.4 Å². The third-order valence-electron chi connectivity index (χ3n) is 5.59. The fraction of sp³-hybridized carbons (Fsp3) is 0.455. The van der Waals surface area contributed by atoms with Crippen LogP contribution < -0.4 is 5.32 Å². The van der Waals surface area contributed by atoms with E-state index in [0.29, 0.717) is 5.02 Å². The molecule has 1 saturated carbocycles. The van der Waals surface area contributed by atoms with E-state index in [-0.39, 0.29) is 36.4 Å². The lowest BCUT2D eigenvalue weighted by atomic mass is 9.87. The molecule has 0 aliphatic heterocycles. The molecule has 1 amide bonds. The molecular formula is C22H26ClN3O3. The number of ketones is 2. The maximum absolute atomic E-state index is 13.0. The number of hydrogen-bond donors (Lipinski definition) is 1. The van der Waals surface area contributed by atoms with Crippen molar-refractivity contribution in [1.82, 2.24) is 15.1 Å². The van der Waals surface area contributed by atoms with Gasteiger partial charge in [-0.3, -0.25) is 14.4 Å². The monoisotopic (exact) mass is 415 g/mol. The number of benzene rings is 1. The fourth-order valence-corrected chi connectivity index (χ4v) is 4.11. The second-order valence-corrected chi connectivity index (χ2v) is 8.32. The molecule has 2 aromatic rings. The third kappa shape index (κ3) is 4.42. The van der Waals surface area contributed by atoms with Gasteiger partial charge in [-0.15, -0.1) is 0 Å². The van der Waals surface area contributed by atoms with E-state index in [1.54, 1.807) is 17.1 Å². The molecule has 3 unspecified atom stereocenters. The quantitative estimate of drug-likeness (QED) is 0.729. The molecule has 0 radical (unpaired) electrons. The number of carbonyl (C=O) groups is 3. The van der Waals surface area contributed by atoms with Crippen LogP contribution in [0.5, 0.6) is 0 Å². The highest BCUT2D eigenvalue weighted by Gasteiger charge is 2.43. The second-order valence-electron chi connectivity index (χ2n) is 7.88. The number of nitrogens with zero attached hydrogens (tertiary/aromatic N) is 2. The van der Waals surface area contributed by atoms with Crippen LogP contribution in [0.1, 0.15) is 55.7 Å². The number of carbonyl (C=O) groups excluding carboxylic acids is 3. The molecule has 1 fully saturated rings. The summed E-state index contributed by atoms with van der Waals surface area (Å²) in [6.07, 6.45) is 4.25. The molecular weight excluding hydrogens is 390 g/mol. The van der Waals surface area contributed by atoms with Crippen molar-refractivity contribution in [1.29, 1.82) is 0 Å². The Balaban J connectivity index is 1.84. The molecule has 3 atom stereocenters. The second kappa shape index (κ2) is 8.49. The maximum atomic E-state index is 13.0. The number of aryl methyl sites for hydroxylation is 2. The standard InChI is InChI=1S/C22H26ClN3O3/c1-5-14(4)25-19(28)9-15-8-18(27)21(22(15)29)20-12(2)6-17(7-13(20)3)26-11-16(23)10-24-26/h6-7,10-11,14-15,21H,5,8-9H2,1-4H3,(H,25,28). The van der Waals surface area contributed by atoms with Crippen molar-refractivity contribution < 1.29 is 14.4 Å². The number of aromatic nitrogens is 2. The van der Waals surface area contributed by atoms with Crippen molar-refractivity contribution in [2.24, 2.45) is 5.92 Å². The fourth-order valence-electron chi connectivity index (χ4n) is 3.97. The molecule has 7 heteroatoms. The molecule has 0 spiro atoms. The first-order valence-corrected chi connectivity index (χ1v) is 10.3. The zero-order valence-corrected chi connectivity index (χ0v) is 17.9. The minimum absolute atomic E-state index is 0.0540. The summed E-state index contributed by atoms with van der Waals surface area (Å²) in [6, 6.07) is 3.85. The average Bonchev–Trinajstić information content (AvgIpc) is 3.19. The van der Waals surface area contributed by atoms with Crippen LogP contribution in [0.2, 0.25) is 5.02 Å². The van der Waals surface area contributed by atoms with Gasteiger partial charge in [0.25, 0.3) is 0 Å². The Morgan fingerprint density at radius 1 is 1.31 bits per heavy atom. The largest absolute Gasteiger partial charge is 0.354 e. The van der Waals surface area contributed by atoms with E-state index in [9.17, 15) is 14.4 Å². The predicted octanol–water partition coefficient (Wildman–Crippen LogP) is 3.69. The van der Waals surface area contributed by atoms with Gasteiger partial charge in [0, 0.05) is 31.0 Å². The van der Waals surface area contributed by atoms with Gasteiger partial charge in [-0.25, -0.2) is 4.68 Å². The molecule has 1 N–H and O–H groups in total. The number of nitrogens with one attached hydrogen (secondary N) is 1. The number of rotatable bonds is 6. The lowest BCUT2D eigenvalue weighted by Gasteiger charge is -2.17. The van der Waals surface area contributed by atoms with Gasteiger partial charge in [-0.05, 0) is 56.0 Å². The Labute approximate surface area is 175 Å². The van der Waals surface area contributed by atoms with Crippen LogP contribution in [0.3, 0.4) is 0 Å². The lowest BCUT2D eigenvalue weighted by Crippen LogP contribution is -2.34. The van der Waals surface area contributed by atoms with Gasteiger partial charge in [-0.2, -0.15) is 5.10 Å². The van der Waals surface area contributed by atoms with Crippen molar-refractivity contribution >= 4 is 29.1 Å². The SMILES string of the molecule is CCC(C)NC(=O)CC1CC(=O)C(c2c(C)cc(-n3cc(Cl)cn3)cc2C)C1=O. The van der Waals surface area contributed by atoms with E-state index in [2.05, 4.69) is 10.4 Å².